The van der Waals surface area contributed by atoms with E-state index in [0.29, 0.717) is 11.1 Å². The van der Waals surface area contributed by atoms with Crippen molar-refractivity contribution in [2.45, 2.75) is 13.3 Å². The number of benzene rings is 1. The van der Waals surface area contributed by atoms with Gasteiger partial charge in [0.2, 0.25) is 0 Å². The maximum absolute atomic E-state index is 12.0. The Hall–Kier alpha value is -1.96. The second-order valence-electron chi connectivity index (χ2n) is 2.93. The SMILES string of the molecule is Cc1ccc(C#N)cc1NC(=O)C(F)F. The minimum Gasteiger partial charge on any atom is -0.321 e. The summed E-state index contributed by atoms with van der Waals surface area (Å²) in [7, 11) is 0. The molecular formula is C10H8F2N2O. The van der Waals surface area contributed by atoms with E-state index in [1.807, 2.05) is 11.4 Å². The van der Waals surface area contributed by atoms with Crippen LogP contribution in [0.25, 0.3) is 0 Å². The van der Waals surface area contributed by atoms with Gasteiger partial charge in [-0.15, -0.1) is 0 Å². The number of nitrogens with zero attached hydrogens (tertiary/aromatic N) is 1. The lowest BCUT2D eigenvalue weighted by Crippen LogP contribution is -2.20. The molecule has 0 radical (unpaired) electrons. The van der Waals surface area contributed by atoms with Crippen molar-refractivity contribution in [2.75, 3.05) is 5.32 Å². The maximum atomic E-state index is 12.0. The molecular weight excluding hydrogens is 202 g/mol. The third-order valence-corrected chi connectivity index (χ3v) is 1.82. The highest BCUT2D eigenvalue weighted by atomic mass is 19.3. The zero-order valence-electron chi connectivity index (χ0n) is 7.92. The fourth-order valence-corrected chi connectivity index (χ4v) is 1.01. The van der Waals surface area contributed by atoms with E-state index in [4.69, 9.17) is 5.26 Å². The summed E-state index contributed by atoms with van der Waals surface area (Å²) < 4.78 is 23.9. The van der Waals surface area contributed by atoms with Gasteiger partial charge in [-0.3, -0.25) is 4.79 Å². The molecule has 1 rings (SSSR count). The average Bonchev–Trinajstić information content (AvgIpc) is 2.21. The molecule has 15 heavy (non-hydrogen) atoms. The number of nitrogens with one attached hydrogen (secondary N) is 1. The largest absolute Gasteiger partial charge is 0.321 e. The summed E-state index contributed by atoms with van der Waals surface area (Å²) in [6.45, 7) is 1.65. The number of alkyl halides is 2. The van der Waals surface area contributed by atoms with Crippen molar-refractivity contribution in [1.82, 2.24) is 0 Å². The number of amides is 1. The van der Waals surface area contributed by atoms with Gasteiger partial charge in [-0.2, -0.15) is 14.0 Å². The summed E-state index contributed by atoms with van der Waals surface area (Å²) >= 11 is 0. The van der Waals surface area contributed by atoms with Crippen LogP contribution in [0.2, 0.25) is 0 Å². The maximum Gasteiger partial charge on any atom is 0.315 e. The van der Waals surface area contributed by atoms with Gasteiger partial charge in [0, 0.05) is 5.69 Å². The van der Waals surface area contributed by atoms with E-state index >= 15 is 0 Å². The summed E-state index contributed by atoms with van der Waals surface area (Å²) in [5, 5.41) is 10.6. The number of halogens is 2. The van der Waals surface area contributed by atoms with Gasteiger partial charge in [-0.25, -0.2) is 0 Å². The molecule has 1 amide bonds. The Bertz CT molecular complexity index is 424. The smallest absolute Gasteiger partial charge is 0.315 e. The number of anilines is 1. The fourth-order valence-electron chi connectivity index (χ4n) is 1.01. The first-order valence-corrected chi connectivity index (χ1v) is 4.14. The second kappa shape index (κ2) is 4.51. The van der Waals surface area contributed by atoms with Crippen LogP contribution in [0.5, 0.6) is 0 Å². The Balaban J connectivity index is 2.94. The van der Waals surface area contributed by atoms with Crippen molar-refractivity contribution in [1.29, 1.82) is 5.26 Å². The second-order valence-corrected chi connectivity index (χ2v) is 2.93. The van der Waals surface area contributed by atoms with Crippen molar-refractivity contribution in [3.8, 4) is 6.07 Å². The van der Waals surface area contributed by atoms with Crippen molar-refractivity contribution in [3.05, 3.63) is 29.3 Å². The molecule has 0 aliphatic rings. The van der Waals surface area contributed by atoms with E-state index in [1.54, 1.807) is 19.1 Å². The monoisotopic (exact) mass is 210 g/mol. The van der Waals surface area contributed by atoms with Gasteiger partial charge < -0.3 is 5.32 Å². The number of aryl methyl sites for hydroxylation is 1. The van der Waals surface area contributed by atoms with Crippen molar-refractivity contribution >= 4 is 11.6 Å². The predicted molar refractivity (Wildman–Crippen MR) is 50.5 cm³/mol. The third-order valence-electron chi connectivity index (χ3n) is 1.82. The van der Waals surface area contributed by atoms with Crippen molar-refractivity contribution < 1.29 is 13.6 Å². The molecule has 3 nitrogen and oxygen atoms in total. The van der Waals surface area contributed by atoms with Gasteiger partial charge >= 0.3 is 6.43 Å². The van der Waals surface area contributed by atoms with E-state index in [0.717, 1.165) is 0 Å². The van der Waals surface area contributed by atoms with Crippen molar-refractivity contribution in [2.24, 2.45) is 0 Å². The summed E-state index contributed by atoms with van der Waals surface area (Å²) in [5.41, 5.74) is 1.17. The first-order chi connectivity index (χ1) is 7.04. The lowest BCUT2D eigenvalue weighted by molar-refractivity contribution is -0.126. The lowest BCUT2D eigenvalue weighted by Gasteiger charge is -2.07. The molecule has 0 aliphatic heterocycles. The summed E-state index contributed by atoms with van der Waals surface area (Å²) in [6.07, 6.45) is -3.06. The Morgan fingerprint density at radius 3 is 2.73 bits per heavy atom. The van der Waals surface area contributed by atoms with Gasteiger partial charge in [0.05, 0.1) is 11.6 Å². The van der Waals surface area contributed by atoms with Crippen LogP contribution in [0.3, 0.4) is 0 Å². The highest BCUT2D eigenvalue weighted by molar-refractivity contribution is 5.93. The quantitative estimate of drug-likeness (QED) is 0.812. The standard InChI is InChI=1S/C10H8F2N2O/c1-6-2-3-7(5-13)4-8(6)14-10(15)9(11)12/h2-4,9H,1H3,(H,14,15). The first-order valence-electron chi connectivity index (χ1n) is 4.14. The Morgan fingerprint density at radius 2 is 2.20 bits per heavy atom. The average molecular weight is 210 g/mol. The van der Waals surface area contributed by atoms with Crippen LogP contribution in [0.1, 0.15) is 11.1 Å². The first kappa shape index (κ1) is 11.1. The Kier molecular flexibility index (Phi) is 3.34. The molecule has 0 saturated carbocycles. The summed E-state index contributed by atoms with van der Waals surface area (Å²) in [5.74, 6) is -1.37. The normalized spacial score (nSPS) is 9.80. The Morgan fingerprint density at radius 1 is 1.53 bits per heavy atom. The summed E-state index contributed by atoms with van der Waals surface area (Å²) in [6, 6.07) is 6.35. The van der Waals surface area contributed by atoms with E-state index < -0.39 is 12.3 Å². The Labute approximate surface area is 85.3 Å². The van der Waals surface area contributed by atoms with Gasteiger partial charge in [0.1, 0.15) is 0 Å². The van der Waals surface area contributed by atoms with Crippen LogP contribution in [-0.4, -0.2) is 12.3 Å². The molecule has 0 bridgehead atoms. The fraction of sp³-hybridized carbons (Fsp3) is 0.200. The number of carbonyl (C=O) groups is 1. The van der Waals surface area contributed by atoms with Crippen molar-refractivity contribution in [3.63, 3.8) is 0 Å². The van der Waals surface area contributed by atoms with E-state index in [1.165, 1.54) is 6.07 Å². The number of hydrogen-bond acceptors (Lipinski definition) is 2. The van der Waals surface area contributed by atoms with Gasteiger partial charge in [0.25, 0.3) is 5.91 Å². The molecule has 1 aromatic rings. The molecule has 1 N–H and O–H groups in total. The van der Waals surface area contributed by atoms with E-state index in [-0.39, 0.29) is 5.69 Å². The molecule has 0 aliphatic carbocycles. The molecule has 5 heteroatoms. The van der Waals surface area contributed by atoms with E-state index in [2.05, 4.69) is 0 Å². The van der Waals surface area contributed by atoms with Crippen LogP contribution in [-0.2, 0) is 4.79 Å². The minimum absolute atomic E-state index is 0.236. The van der Waals surface area contributed by atoms with Gasteiger partial charge in [-0.1, -0.05) is 6.07 Å². The molecule has 78 valence electrons. The van der Waals surface area contributed by atoms with E-state index in [9.17, 15) is 13.6 Å². The zero-order chi connectivity index (χ0) is 11.4. The number of rotatable bonds is 2. The lowest BCUT2D eigenvalue weighted by atomic mass is 10.1. The van der Waals surface area contributed by atoms with Gasteiger partial charge in [-0.05, 0) is 24.6 Å². The number of nitriles is 1. The molecule has 0 atom stereocenters. The van der Waals surface area contributed by atoms with Crippen LogP contribution >= 0.6 is 0 Å². The van der Waals surface area contributed by atoms with Crippen LogP contribution in [0.15, 0.2) is 18.2 Å². The topological polar surface area (TPSA) is 52.9 Å². The highest BCUT2D eigenvalue weighted by Crippen LogP contribution is 2.17. The molecule has 0 aromatic heterocycles. The molecule has 0 unspecified atom stereocenters. The summed E-state index contributed by atoms with van der Waals surface area (Å²) in [4.78, 5) is 10.7. The highest BCUT2D eigenvalue weighted by Gasteiger charge is 2.15. The molecule has 1 aromatic carbocycles. The molecule has 0 spiro atoms. The van der Waals surface area contributed by atoms with Crippen LogP contribution in [0.4, 0.5) is 14.5 Å². The molecule has 0 saturated heterocycles. The number of carbonyl (C=O) groups excluding carboxylic acids is 1. The minimum atomic E-state index is -3.06. The van der Waals surface area contributed by atoms with Crippen LogP contribution in [0, 0.1) is 18.3 Å². The molecule has 0 fully saturated rings. The number of hydrogen-bond donors (Lipinski definition) is 1. The van der Waals surface area contributed by atoms with Crippen LogP contribution < -0.4 is 5.32 Å². The molecule has 0 heterocycles. The van der Waals surface area contributed by atoms with Gasteiger partial charge in [0.15, 0.2) is 0 Å². The zero-order valence-corrected chi connectivity index (χ0v) is 7.92. The predicted octanol–water partition coefficient (Wildman–Crippen LogP) is 2.07. The third kappa shape index (κ3) is 2.74.